The van der Waals surface area contributed by atoms with E-state index in [-0.39, 0.29) is 11.5 Å². The summed E-state index contributed by atoms with van der Waals surface area (Å²) in [5.41, 5.74) is 3.49. The summed E-state index contributed by atoms with van der Waals surface area (Å²) < 4.78 is 12.7. The molecule has 5 rings (SSSR count). The minimum atomic E-state index is -0.412. The quantitative estimate of drug-likeness (QED) is 0.336. The number of oxazole rings is 1. The van der Waals surface area contributed by atoms with Crippen molar-refractivity contribution in [1.29, 1.82) is 0 Å². The summed E-state index contributed by atoms with van der Waals surface area (Å²) in [7, 11) is 0. The van der Waals surface area contributed by atoms with Gasteiger partial charge in [-0.15, -0.1) is 0 Å². The number of aromatic nitrogens is 3. The van der Waals surface area contributed by atoms with Gasteiger partial charge in [0, 0.05) is 18.7 Å². The third-order valence-corrected chi connectivity index (χ3v) is 5.23. The number of furan rings is 1. The van der Waals surface area contributed by atoms with E-state index in [2.05, 4.69) is 15.4 Å². The lowest BCUT2D eigenvalue weighted by Gasteiger charge is -2.05. The molecule has 2 aromatic carbocycles. The maximum Gasteiger partial charge on any atom is 0.278 e. The molecule has 34 heavy (non-hydrogen) atoms. The van der Waals surface area contributed by atoms with Gasteiger partial charge in [0.15, 0.2) is 29.4 Å². The van der Waals surface area contributed by atoms with Gasteiger partial charge < -0.3 is 14.2 Å². The zero-order valence-corrected chi connectivity index (χ0v) is 18.3. The maximum absolute atomic E-state index is 12.9. The predicted molar refractivity (Wildman–Crippen MR) is 125 cm³/mol. The predicted octanol–water partition coefficient (Wildman–Crippen LogP) is 5.30. The van der Waals surface area contributed by atoms with E-state index in [4.69, 9.17) is 8.83 Å². The SMILES string of the molecule is CC(=O)c1ccc(Cn2cc(NC(=O)c3ncoc3-c3cccc(-c4ccccc4)c3)cn2)o1. The van der Waals surface area contributed by atoms with Gasteiger partial charge in [-0.2, -0.15) is 5.10 Å². The van der Waals surface area contributed by atoms with Crippen LogP contribution in [-0.2, 0) is 6.54 Å². The molecule has 8 heteroatoms. The Bertz CT molecular complexity index is 1460. The lowest BCUT2D eigenvalue weighted by Crippen LogP contribution is -2.13. The first-order chi connectivity index (χ1) is 16.6. The molecule has 1 N–H and O–H groups in total. The Labute approximate surface area is 194 Å². The number of nitrogens with zero attached hydrogens (tertiary/aromatic N) is 3. The fourth-order valence-electron chi connectivity index (χ4n) is 3.60. The van der Waals surface area contributed by atoms with Gasteiger partial charge in [-0.25, -0.2) is 4.98 Å². The van der Waals surface area contributed by atoms with Crippen LogP contribution in [0.1, 0.15) is 33.7 Å². The second kappa shape index (κ2) is 9.03. The van der Waals surface area contributed by atoms with Crippen molar-refractivity contribution < 1.29 is 18.4 Å². The van der Waals surface area contributed by atoms with Crippen LogP contribution in [0, 0.1) is 0 Å². The highest BCUT2D eigenvalue weighted by atomic mass is 16.3. The molecule has 0 spiro atoms. The number of carbonyl (C=O) groups excluding carboxylic acids is 2. The van der Waals surface area contributed by atoms with E-state index in [1.165, 1.54) is 19.5 Å². The molecule has 0 aliphatic carbocycles. The average molecular weight is 452 g/mol. The highest BCUT2D eigenvalue weighted by Crippen LogP contribution is 2.28. The lowest BCUT2D eigenvalue weighted by molar-refractivity contribution is 0.0983. The van der Waals surface area contributed by atoms with Crippen molar-refractivity contribution in [3.8, 4) is 22.5 Å². The fraction of sp³-hybridized carbons (Fsp3) is 0.0769. The Kier molecular flexibility index (Phi) is 5.61. The molecule has 0 aliphatic rings. The Hall–Kier alpha value is -4.72. The molecule has 1 amide bonds. The third kappa shape index (κ3) is 4.42. The molecule has 0 saturated carbocycles. The minimum absolute atomic E-state index is 0.141. The van der Waals surface area contributed by atoms with Crippen molar-refractivity contribution in [3.63, 3.8) is 0 Å². The van der Waals surface area contributed by atoms with Crippen LogP contribution in [0.4, 0.5) is 5.69 Å². The standard InChI is InChI=1S/C26H20N4O4/c1-17(31)23-11-10-22(34-23)15-30-14-21(13-28-30)29-26(32)24-25(33-16-27-24)20-9-5-8-19(12-20)18-6-3-2-4-7-18/h2-14,16H,15H2,1H3,(H,29,32). The first kappa shape index (κ1) is 21.1. The van der Waals surface area contributed by atoms with Crippen LogP contribution in [0.25, 0.3) is 22.5 Å². The van der Waals surface area contributed by atoms with Crippen molar-refractivity contribution in [2.45, 2.75) is 13.5 Å². The number of amides is 1. The Balaban J connectivity index is 1.32. The van der Waals surface area contributed by atoms with Crippen molar-refractivity contribution in [1.82, 2.24) is 14.8 Å². The highest BCUT2D eigenvalue weighted by molar-refractivity contribution is 6.06. The van der Waals surface area contributed by atoms with Gasteiger partial charge in [0.05, 0.1) is 18.4 Å². The van der Waals surface area contributed by atoms with Gasteiger partial charge in [-0.3, -0.25) is 14.3 Å². The zero-order valence-electron chi connectivity index (χ0n) is 18.3. The van der Waals surface area contributed by atoms with Crippen molar-refractivity contribution in [3.05, 3.63) is 103 Å². The summed E-state index contributed by atoms with van der Waals surface area (Å²) in [5, 5.41) is 7.04. The van der Waals surface area contributed by atoms with Gasteiger partial charge in [0.25, 0.3) is 5.91 Å². The third-order valence-electron chi connectivity index (χ3n) is 5.23. The minimum Gasteiger partial charge on any atom is -0.456 e. The molecular weight excluding hydrogens is 432 g/mol. The van der Waals surface area contributed by atoms with E-state index in [0.717, 1.165) is 16.7 Å². The summed E-state index contributed by atoms with van der Waals surface area (Å²) in [6.07, 6.45) is 4.46. The van der Waals surface area contributed by atoms with Gasteiger partial charge in [0.2, 0.25) is 0 Å². The molecule has 0 radical (unpaired) electrons. The number of anilines is 1. The topological polar surface area (TPSA) is 103 Å². The van der Waals surface area contributed by atoms with Crippen molar-refractivity contribution in [2.24, 2.45) is 0 Å². The summed E-state index contributed by atoms with van der Waals surface area (Å²) in [6.45, 7) is 1.77. The van der Waals surface area contributed by atoms with Gasteiger partial charge in [-0.05, 0) is 29.3 Å². The number of nitrogens with one attached hydrogen (secondary N) is 1. The van der Waals surface area contributed by atoms with Gasteiger partial charge >= 0.3 is 0 Å². The smallest absolute Gasteiger partial charge is 0.278 e. The fourth-order valence-corrected chi connectivity index (χ4v) is 3.60. The normalized spacial score (nSPS) is 10.9. The molecular formula is C26H20N4O4. The van der Waals surface area contributed by atoms with Crippen molar-refractivity contribution in [2.75, 3.05) is 5.32 Å². The van der Waals surface area contributed by atoms with E-state index >= 15 is 0 Å². The molecule has 5 aromatic rings. The van der Waals surface area contributed by atoms with Crippen LogP contribution in [0.5, 0.6) is 0 Å². The van der Waals surface area contributed by atoms with E-state index in [9.17, 15) is 9.59 Å². The van der Waals surface area contributed by atoms with Gasteiger partial charge in [0.1, 0.15) is 5.76 Å². The number of rotatable bonds is 7. The molecule has 0 fully saturated rings. The van der Waals surface area contributed by atoms with Crippen LogP contribution in [-0.4, -0.2) is 26.5 Å². The summed E-state index contributed by atoms with van der Waals surface area (Å²) in [5.74, 6) is 0.714. The monoisotopic (exact) mass is 452 g/mol. The Morgan fingerprint density at radius 3 is 2.56 bits per heavy atom. The number of Topliss-reactive ketones (excluding diaryl/α,β-unsaturated/α-hetero) is 1. The Morgan fingerprint density at radius 2 is 1.76 bits per heavy atom. The summed E-state index contributed by atoms with van der Waals surface area (Å²) in [6, 6.07) is 21.1. The molecule has 0 unspecified atom stereocenters. The summed E-state index contributed by atoms with van der Waals surface area (Å²) >= 11 is 0. The molecule has 3 heterocycles. The largest absolute Gasteiger partial charge is 0.456 e. The van der Waals surface area contributed by atoms with Crippen LogP contribution < -0.4 is 5.32 Å². The molecule has 0 saturated heterocycles. The number of benzene rings is 2. The van der Waals surface area contributed by atoms with E-state index < -0.39 is 5.91 Å². The number of hydrogen-bond acceptors (Lipinski definition) is 6. The number of carbonyl (C=O) groups is 2. The van der Waals surface area contributed by atoms with E-state index in [1.54, 1.807) is 23.0 Å². The second-order valence-electron chi connectivity index (χ2n) is 7.68. The first-order valence-electron chi connectivity index (χ1n) is 10.6. The van der Waals surface area contributed by atoms with E-state index in [0.29, 0.717) is 29.5 Å². The molecule has 3 aromatic heterocycles. The average Bonchev–Trinajstić information content (AvgIpc) is 3.61. The van der Waals surface area contributed by atoms with Crippen LogP contribution >= 0.6 is 0 Å². The Morgan fingerprint density at radius 1 is 0.971 bits per heavy atom. The number of hydrogen-bond donors (Lipinski definition) is 1. The van der Waals surface area contributed by atoms with Crippen LogP contribution in [0.3, 0.4) is 0 Å². The van der Waals surface area contributed by atoms with E-state index in [1.807, 2.05) is 54.6 Å². The van der Waals surface area contributed by atoms with Gasteiger partial charge in [-0.1, -0.05) is 48.5 Å². The summed E-state index contributed by atoms with van der Waals surface area (Å²) in [4.78, 5) is 28.5. The lowest BCUT2D eigenvalue weighted by atomic mass is 10.0. The van der Waals surface area contributed by atoms with Crippen LogP contribution in [0.15, 0.2) is 94.4 Å². The van der Waals surface area contributed by atoms with Crippen molar-refractivity contribution >= 4 is 17.4 Å². The number of ketones is 1. The highest BCUT2D eigenvalue weighted by Gasteiger charge is 2.19. The molecule has 0 aliphatic heterocycles. The van der Waals surface area contributed by atoms with Crippen LogP contribution in [0.2, 0.25) is 0 Å². The second-order valence-corrected chi connectivity index (χ2v) is 7.68. The zero-order chi connectivity index (χ0) is 23.5. The maximum atomic E-state index is 12.9. The molecule has 0 atom stereocenters. The molecule has 0 bridgehead atoms. The molecule has 8 nitrogen and oxygen atoms in total. The molecule has 168 valence electrons. The first-order valence-corrected chi connectivity index (χ1v) is 10.6.